The van der Waals surface area contributed by atoms with Gasteiger partial charge in [0.05, 0.1) is 11.6 Å². The van der Waals surface area contributed by atoms with Crippen molar-refractivity contribution in [3.05, 3.63) is 69.7 Å². The van der Waals surface area contributed by atoms with Crippen molar-refractivity contribution in [2.75, 3.05) is 27.2 Å². The molecule has 5 heteroatoms. The molecule has 0 heterocycles. The van der Waals surface area contributed by atoms with E-state index < -0.39 is 0 Å². The second-order valence-corrected chi connectivity index (χ2v) is 6.71. The lowest BCUT2D eigenvalue weighted by atomic mass is 10.1. The van der Waals surface area contributed by atoms with Crippen molar-refractivity contribution in [1.82, 2.24) is 4.90 Å². The Morgan fingerprint density at radius 2 is 1.92 bits per heavy atom. The van der Waals surface area contributed by atoms with E-state index in [0.29, 0.717) is 22.2 Å². The predicted octanol–water partition coefficient (Wildman–Crippen LogP) is 5.22. The number of carbonyl (C=O) groups excluding carboxylic acids is 1. The van der Waals surface area contributed by atoms with E-state index in [4.69, 9.17) is 27.9 Å². The lowest BCUT2D eigenvalue weighted by Gasteiger charge is -2.11. The van der Waals surface area contributed by atoms with Crippen LogP contribution >= 0.6 is 23.2 Å². The van der Waals surface area contributed by atoms with Crippen LogP contribution in [0.4, 0.5) is 0 Å². The van der Waals surface area contributed by atoms with Crippen molar-refractivity contribution < 1.29 is 9.53 Å². The number of allylic oxidation sites excluding steroid dienone is 1. The summed E-state index contributed by atoms with van der Waals surface area (Å²) in [4.78, 5) is 14.5. The fraction of sp³-hybridized carbons (Fsp3) is 0.250. The number of para-hydroxylation sites is 1. The quantitative estimate of drug-likeness (QED) is 0.358. The van der Waals surface area contributed by atoms with Gasteiger partial charge in [0.2, 0.25) is 0 Å². The first-order valence-electron chi connectivity index (χ1n) is 8.01. The average Bonchev–Trinajstić information content (AvgIpc) is 2.57. The summed E-state index contributed by atoms with van der Waals surface area (Å²) in [6.45, 7) is 1.59. The number of halogens is 2. The Labute approximate surface area is 158 Å². The molecule has 0 N–H and O–H groups in total. The Morgan fingerprint density at radius 3 is 2.64 bits per heavy atom. The van der Waals surface area contributed by atoms with Gasteiger partial charge < -0.3 is 9.64 Å². The first kappa shape index (κ1) is 19.5. The molecule has 0 aliphatic carbocycles. The summed E-state index contributed by atoms with van der Waals surface area (Å²) < 4.78 is 5.83. The minimum Gasteiger partial charge on any atom is -0.493 e. The standard InChI is InChI=1S/C20H21Cl2NO2/c1-23(2)12-5-13-25-20-7-4-3-6-15(20)8-11-19(24)17-10-9-16(21)14-18(17)22/h3-4,6-11,14H,5,12-13H2,1-2H3/b11-8+. The molecule has 3 nitrogen and oxygen atoms in total. The zero-order valence-electron chi connectivity index (χ0n) is 14.3. The molecule has 0 aliphatic heterocycles. The van der Waals surface area contributed by atoms with Gasteiger partial charge in [-0.05, 0) is 56.9 Å². The molecule has 0 amide bonds. The van der Waals surface area contributed by atoms with Crippen molar-refractivity contribution in [3.8, 4) is 5.75 Å². The number of ether oxygens (including phenoxy) is 1. The van der Waals surface area contributed by atoms with Crippen molar-refractivity contribution in [2.24, 2.45) is 0 Å². The van der Waals surface area contributed by atoms with E-state index in [1.807, 2.05) is 38.4 Å². The van der Waals surface area contributed by atoms with E-state index in [1.54, 1.807) is 24.3 Å². The second kappa shape index (κ2) is 9.62. The van der Waals surface area contributed by atoms with Crippen LogP contribution in [-0.4, -0.2) is 37.9 Å². The number of hydrogen-bond donors (Lipinski definition) is 0. The Bertz CT molecular complexity index is 757. The predicted molar refractivity (Wildman–Crippen MR) is 105 cm³/mol. The maximum atomic E-state index is 12.3. The van der Waals surface area contributed by atoms with Crippen LogP contribution in [-0.2, 0) is 0 Å². The summed E-state index contributed by atoms with van der Waals surface area (Å²) in [7, 11) is 4.06. The fourth-order valence-corrected chi connectivity index (χ4v) is 2.76. The molecule has 25 heavy (non-hydrogen) atoms. The Morgan fingerprint density at radius 1 is 1.16 bits per heavy atom. The molecule has 0 unspecified atom stereocenters. The van der Waals surface area contributed by atoms with Crippen molar-refractivity contribution in [1.29, 1.82) is 0 Å². The smallest absolute Gasteiger partial charge is 0.187 e. The number of hydrogen-bond acceptors (Lipinski definition) is 3. The molecule has 0 bridgehead atoms. The SMILES string of the molecule is CN(C)CCCOc1ccccc1/C=C/C(=O)c1ccc(Cl)cc1Cl. The first-order chi connectivity index (χ1) is 12.0. The van der Waals surface area contributed by atoms with Crippen LogP contribution in [0.25, 0.3) is 6.08 Å². The maximum absolute atomic E-state index is 12.3. The van der Waals surface area contributed by atoms with Gasteiger partial charge in [0.1, 0.15) is 5.75 Å². The number of carbonyl (C=O) groups is 1. The highest BCUT2D eigenvalue weighted by Crippen LogP contribution is 2.23. The van der Waals surface area contributed by atoms with Crippen LogP contribution in [0.1, 0.15) is 22.3 Å². The minimum absolute atomic E-state index is 0.177. The molecule has 2 aromatic rings. The summed E-state index contributed by atoms with van der Waals surface area (Å²) in [5, 5.41) is 0.845. The van der Waals surface area contributed by atoms with Gasteiger partial charge in [-0.25, -0.2) is 0 Å². The fourth-order valence-electron chi connectivity index (χ4n) is 2.26. The summed E-state index contributed by atoms with van der Waals surface area (Å²) in [6, 6.07) is 12.5. The zero-order valence-corrected chi connectivity index (χ0v) is 15.8. The minimum atomic E-state index is -0.177. The van der Waals surface area contributed by atoms with Crippen LogP contribution in [0.3, 0.4) is 0 Å². The molecule has 2 rings (SSSR count). The van der Waals surface area contributed by atoms with Gasteiger partial charge in [-0.2, -0.15) is 0 Å². The number of nitrogens with zero attached hydrogens (tertiary/aromatic N) is 1. The van der Waals surface area contributed by atoms with Crippen LogP contribution in [0.2, 0.25) is 10.0 Å². The van der Waals surface area contributed by atoms with E-state index in [-0.39, 0.29) is 5.78 Å². The molecule has 0 fully saturated rings. The Balaban J connectivity index is 2.06. The van der Waals surface area contributed by atoms with Crippen LogP contribution < -0.4 is 4.74 Å². The number of benzene rings is 2. The molecular formula is C20H21Cl2NO2. The molecule has 0 aliphatic rings. The third-order valence-corrected chi connectivity index (χ3v) is 4.08. The van der Waals surface area contributed by atoms with Crippen LogP contribution in [0, 0.1) is 0 Å². The Kier molecular flexibility index (Phi) is 7.51. The van der Waals surface area contributed by atoms with Gasteiger partial charge in [-0.1, -0.05) is 41.4 Å². The first-order valence-corrected chi connectivity index (χ1v) is 8.77. The summed E-state index contributed by atoms with van der Waals surface area (Å²) in [6.07, 6.45) is 4.18. The molecule has 0 radical (unpaired) electrons. The van der Waals surface area contributed by atoms with E-state index in [2.05, 4.69) is 4.90 Å². The molecule has 0 saturated heterocycles. The van der Waals surface area contributed by atoms with E-state index in [9.17, 15) is 4.79 Å². The molecule has 0 spiro atoms. The van der Waals surface area contributed by atoms with Crippen molar-refractivity contribution in [2.45, 2.75) is 6.42 Å². The monoisotopic (exact) mass is 377 g/mol. The van der Waals surface area contributed by atoms with Crippen molar-refractivity contribution in [3.63, 3.8) is 0 Å². The molecular weight excluding hydrogens is 357 g/mol. The van der Waals surface area contributed by atoms with Crippen LogP contribution in [0.5, 0.6) is 5.75 Å². The Hall–Kier alpha value is -1.81. The molecule has 0 atom stereocenters. The summed E-state index contributed by atoms with van der Waals surface area (Å²) in [5.74, 6) is 0.580. The average molecular weight is 378 g/mol. The normalized spacial score (nSPS) is 11.2. The molecule has 2 aromatic carbocycles. The summed E-state index contributed by atoms with van der Waals surface area (Å²) >= 11 is 11.9. The zero-order chi connectivity index (χ0) is 18.2. The van der Waals surface area contributed by atoms with Crippen LogP contribution in [0.15, 0.2) is 48.5 Å². The highest BCUT2D eigenvalue weighted by atomic mass is 35.5. The lowest BCUT2D eigenvalue weighted by Crippen LogP contribution is -2.15. The van der Waals surface area contributed by atoms with Gasteiger partial charge in [0.15, 0.2) is 5.78 Å². The second-order valence-electron chi connectivity index (χ2n) is 5.86. The lowest BCUT2D eigenvalue weighted by molar-refractivity contribution is 0.104. The van der Waals surface area contributed by atoms with Gasteiger partial charge in [0.25, 0.3) is 0 Å². The van der Waals surface area contributed by atoms with Gasteiger partial charge >= 0.3 is 0 Å². The maximum Gasteiger partial charge on any atom is 0.187 e. The van der Waals surface area contributed by atoms with Gasteiger partial charge in [-0.3, -0.25) is 4.79 Å². The molecule has 132 valence electrons. The highest BCUT2D eigenvalue weighted by molar-refractivity contribution is 6.37. The van der Waals surface area contributed by atoms with Gasteiger partial charge in [0, 0.05) is 22.7 Å². The summed E-state index contributed by atoms with van der Waals surface area (Å²) in [5.41, 5.74) is 1.28. The largest absolute Gasteiger partial charge is 0.493 e. The highest BCUT2D eigenvalue weighted by Gasteiger charge is 2.08. The van der Waals surface area contributed by atoms with Gasteiger partial charge in [-0.15, -0.1) is 0 Å². The number of rotatable bonds is 8. The third-order valence-electron chi connectivity index (χ3n) is 3.54. The van der Waals surface area contributed by atoms with Crippen molar-refractivity contribution >= 4 is 35.1 Å². The molecule has 0 saturated carbocycles. The topological polar surface area (TPSA) is 29.5 Å². The third kappa shape index (κ3) is 6.20. The van der Waals surface area contributed by atoms with E-state index in [1.165, 1.54) is 6.08 Å². The van der Waals surface area contributed by atoms with E-state index >= 15 is 0 Å². The molecule has 0 aromatic heterocycles. The van der Waals surface area contributed by atoms with E-state index in [0.717, 1.165) is 24.3 Å². The number of ketones is 1.